The summed E-state index contributed by atoms with van der Waals surface area (Å²) in [7, 11) is -3.67. The third kappa shape index (κ3) is 5.17. The standard InChI is InChI=1S/C20H26N4O3S/c1-20(2,3)24-28(26,27)16-11-7-10-15(12-16)21-19(25)18-13-17(22-23-18)14-8-5-4-6-9-14/h4-12,17-18,22-24H,13H2,1-3H3,(H,21,25). The lowest BCUT2D eigenvalue weighted by atomic mass is 10.0. The fourth-order valence-corrected chi connectivity index (χ4v) is 4.53. The van der Waals surface area contributed by atoms with Crippen molar-refractivity contribution in [2.75, 3.05) is 5.32 Å². The SMILES string of the molecule is CC(C)(C)NS(=O)(=O)c1cccc(NC(=O)C2CC(c3ccccc3)NN2)c1. The maximum absolute atomic E-state index is 12.6. The minimum atomic E-state index is -3.67. The molecule has 3 rings (SSSR count). The van der Waals surface area contributed by atoms with Crippen LogP contribution in [0.15, 0.2) is 59.5 Å². The Morgan fingerprint density at radius 1 is 1.04 bits per heavy atom. The second-order valence-corrected chi connectivity index (χ2v) is 9.60. The Morgan fingerprint density at radius 3 is 2.43 bits per heavy atom. The fourth-order valence-electron chi connectivity index (χ4n) is 3.06. The van der Waals surface area contributed by atoms with Gasteiger partial charge < -0.3 is 5.32 Å². The highest BCUT2D eigenvalue weighted by atomic mass is 32.2. The van der Waals surface area contributed by atoms with Gasteiger partial charge in [-0.2, -0.15) is 0 Å². The molecule has 2 aromatic rings. The van der Waals surface area contributed by atoms with Crippen LogP contribution in [-0.2, 0) is 14.8 Å². The van der Waals surface area contributed by atoms with Gasteiger partial charge in [0.15, 0.2) is 0 Å². The van der Waals surface area contributed by atoms with E-state index in [1.807, 2.05) is 30.3 Å². The van der Waals surface area contributed by atoms with Crippen molar-refractivity contribution >= 4 is 21.6 Å². The molecule has 0 spiro atoms. The summed E-state index contributed by atoms with van der Waals surface area (Å²) in [6, 6.07) is 15.8. The number of carbonyl (C=O) groups is 1. The summed E-state index contributed by atoms with van der Waals surface area (Å²) >= 11 is 0. The normalized spacial score (nSPS) is 20.1. The minimum absolute atomic E-state index is 0.0413. The molecule has 150 valence electrons. The zero-order chi connectivity index (χ0) is 20.4. The Kier molecular flexibility index (Phi) is 5.85. The summed E-state index contributed by atoms with van der Waals surface area (Å²) in [6.45, 7) is 5.33. The molecule has 2 atom stereocenters. The number of amides is 1. The van der Waals surface area contributed by atoms with E-state index in [1.165, 1.54) is 12.1 Å². The molecule has 1 saturated heterocycles. The van der Waals surface area contributed by atoms with E-state index >= 15 is 0 Å². The molecule has 1 fully saturated rings. The van der Waals surface area contributed by atoms with E-state index in [9.17, 15) is 13.2 Å². The predicted octanol–water partition coefficient (Wildman–Crippen LogP) is 2.31. The first-order valence-electron chi connectivity index (χ1n) is 9.15. The maximum atomic E-state index is 12.6. The summed E-state index contributed by atoms with van der Waals surface area (Å²) in [4.78, 5) is 12.7. The summed E-state index contributed by atoms with van der Waals surface area (Å²) in [5.74, 6) is -0.218. The van der Waals surface area contributed by atoms with Crippen LogP contribution in [0.2, 0.25) is 0 Å². The van der Waals surface area contributed by atoms with Crippen molar-refractivity contribution in [3.8, 4) is 0 Å². The van der Waals surface area contributed by atoms with E-state index < -0.39 is 21.6 Å². The summed E-state index contributed by atoms with van der Waals surface area (Å²) in [5.41, 5.74) is 7.09. The van der Waals surface area contributed by atoms with Crippen LogP contribution in [0.1, 0.15) is 38.8 Å². The van der Waals surface area contributed by atoms with Crippen LogP contribution in [0.4, 0.5) is 5.69 Å². The highest BCUT2D eigenvalue weighted by Crippen LogP contribution is 2.23. The van der Waals surface area contributed by atoms with Gasteiger partial charge >= 0.3 is 0 Å². The highest BCUT2D eigenvalue weighted by Gasteiger charge is 2.30. The first-order valence-corrected chi connectivity index (χ1v) is 10.6. The Bertz CT molecular complexity index is 939. The van der Waals surface area contributed by atoms with Gasteiger partial charge in [-0.3, -0.25) is 4.79 Å². The van der Waals surface area contributed by atoms with Crippen LogP contribution in [0.5, 0.6) is 0 Å². The molecular weight excluding hydrogens is 376 g/mol. The van der Waals surface area contributed by atoms with Gasteiger partial charge in [0.25, 0.3) is 0 Å². The topological polar surface area (TPSA) is 99.3 Å². The second kappa shape index (κ2) is 8.00. The summed E-state index contributed by atoms with van der Waals surface area (Å²) < 4.78 is 27.6. The average Bonchev–Trinajstić information content (AvgIpc) is 3.11. The summed E-state index contributed by atoms with van der Waals surface area (Å²) in [6.07, 6.45) is 0.597. The van der Waals surface area contributed by atoms with E-state index in [1.54, 1.807) is 32.9 Å². The molecule has 28 heavy (non-hydrogen) atoms. The molecule has 1 heterocycles. The van der Waals surface area contributed by atoms with Crippen LogP contribution in [-0.4, -0.2) is 25.9 Å². The molecule has 7 nitrogen and oxygen atoms in total. The smallest absolute Gasteiger partial charge is 0.242 e. The lowest BCUT2D eigenvalue weighted by molar-refractivity contribution is -0.117. The van der Waals surface area contributed by atoms with Gasteiger partial charge in [-0.1, -0.05) is 36.4 Å². The van der Waals surface area contributed by atoms with E-state index in [0.717, 1.165) is 5.56 Å². The van der Waals surface area contributed by atoms with E-state index in [-0.39, 0.29) is 16.8 Å². The second-order valence-electron chi connectivity index (χ2n) is 7.91. The Balaban J connectivity index is 1.67. The maximum Gasteiger partial charge on any atom is 0.242 e. The predicted molar refractivity (Wildman–Crippen MR) is 109 cm³/mol. The fraction of sp³-hybridized carbons (Fsp3) is 0.350. The zero-order valence-corrected chi connectivity index (χ0v) is 17.0. The Hall–Kier alpha value is -2.26. The van der Waals surface area contributed by atoms with Crippen molar-refractivity contribution in [1.29, 1.82) is 0 Å². The molecule has 0 saturated carbocycles. The number of rotatable bonds is 5. The van der Waals surface area contributed by atoms with Crippen molar-refractivity contribution in [3.05, 3.63) is 60.2 Å². The average molecular weight is 403 g/mol. The van der Waals surface area contributed by atoms with Crippen LogP contribution >= 0.6 is 0 Å². The lowest BCUT2D eigenvalue weighted by Crippen LogP contribution is -2.40. The van der Waals surface area contributed by atoms with Gasteiger partial charge in [0.2, 0.25) is 15.9 Å². The molecule has 0 aliphatic carbocycles. The van der Waals surface area contributed by atoms with Crippen molar-refractivity contribution in [1.82, 2.24) is 15.6 Å². The van der Waals surface area contributed by atoms with Gasteiger partial charge in [0.05, 0.1) is 4.90 Å². The van der Waals surface area contributed by atoms with Crippen LogP contribution in [0.25, 0.3) is 0 Å². The van der Waals surface area contributed by atoms with Gasteiger partial charge in [0.1, 0.15) is 6.04 Å². The lowest BCUT2D eigenvalue weighted by Gasteiger charge is -2.20. The number of anilines is 1. The minimum Gasteiger partial charge on any atom is -0.325 e. The molecular formula is C20H26N4O3S. The summed E-state index contributed by atoms with van der Waals surface area (Å²) in [5, 5.41) is 2.80. The molecule has 2 unspecified atom stereocenters. The van der Waals surface area contributed by atoms with Crippen molar-refractivity contribution in [2.24, 2.45) is 0 Å². The number of carbonyl (C=O) groups excluding carboxylic acids is 1. The van der Waals surface area contributed by atoms with Crippen molar-refractivity contribution in [2.45, 2.75) is 49.7 Å². The monoisotopic (exact) mass is 402 g/mol. The highest BCUT2D eigenvalue weighted by molar-refractivity contribution is 7.89. The van der Waals surface area contributed by atoms with Crippen LogP contribution in [0.3, 0.4) is 0 Å². The molecule has 1 aliphatic heterocycles. The Labute approximate surface area is 165 Å². The number of hydrogen-bond acceptors (Lipinski definition) is 5. The van der Waals surface area contributed by atoms with Crippen LogP contribution < -0.4 is 20.9 Å². The van der Waals surface area contributed by atoms with E-state index in [4.69, 9.17) is 0 Å². The molecule has 8 heteroatoms. The number of nitrogens with one attached hydrogen (secondary N) is 4. The number of benzene rings is 2. The molecule has 0 radical (unpaired) electrons. The first-order chi connectivity index (χ1) is 13.1. The van der Waals surface area contributed by atoms with Crippen LogP contribution in [0, 0.1) is 0 Å². The quantitative estimate of drug-likeness (QED) is 0.615. The molecule has 1 aliphatic rings. The zero-order valence-electron chi connectivity index (χ0n) is 16.2. The van der Waals surface area contributed by atoms with Gasteiger partial charge in [-0.15, -0.1) is 0 Å². The number of sulfonamides is 1. The van der Waals surface area contributed by atoms with Crippen molar-refractivity contribution in [3.63, 3.8) is 0 Å². The third-order valence-corrected chi connectivity index (χ3v) is 6.03. The van der Waals surface area contributed by atoms with E-state index in [0.29, 0.717) is 12.1 Å². The molecule has 0 bridgehead atoms. The third-order valence-electron chi connectivity index (χ3n) is 4.27. The van der Waals surface area contributed by atoms with Gasteiger partial charge in [0, 0.05) is 17.3 Å². The number of hydrogen-bond donors (Lipinski definition) is 4. The van der Waals surface area contributed by atoms with Gasteiger partial charge in [-0.05, 0) is 51.0 Å². The van der Waals surface area contributed by atoms with Crippen molar-refractivity contribution < 1.29 is 13.2 Å². The molecule has 4 N–H and O–H groups in total. The molecule has 2 aromatic carbocycles. The number of hydrazine groups is 1. The largest absolute Gasteiger partial charge is 0.325 e. The molecule has 1 amide bonds. The Morgan fingerprint density at radius 2 is 1.75 bits per heavy atom. The van der Waals surface area contributed by atoms with Gasteiger partial charge in [-0.25, -0.2) is 24.0 Å². The molecule has 0 aromatic heterocycles. The first kappa shape index (κ1) is 20.5. The van der Waals surface area contributed by atoms with E-state index in [2.05, 4.69) is 20.9 Å².